The molecule has 1 fully saturated rings. The Bertz CT molecular complexity index is 1630. The van der Waals surface area contributed by atoms with Crippen LogP contribution in [0, 0.1) is 0 Å². The average Bonchev–Trinajstić information content (AvgIpc) is 3.17. The fourth-order valence-electron chi connectivity index (χ4n) is 5.83. The molecule has 0 aromatic heterocycles. The lowest BCUT2D eigenvalue weighted by atomic mass is 10.0. The molecule has 3 aliphatic heterocycles. The number of benzene rings is 2. The minimum absolute atomic E-state index is 0.0695. The predicted octanol–water partition coefficient (Wildman–Crippen LogP) is 3.52. The van der Waals surface area contributed by atoms with Gasteiger partial charge in [-0.05, 0) is 49.1 Å². The minimum Gasteiger partial charge on any atom is -0.497 e. The van der Waals surface area contributed by atoms with Crippen LogP contribution in [0.1, 0.15) is 24.0 Å². The maximum absolute atomic E-state index is 13.5. The Balaban J connectivity index is 1.27. The zero-order valence-electron chi connectivity index (χ0n) is 24.9. The van der Waals surface area contributed by atoms with Crippen molar-refractivity contribution >= 4 is 62.3 Å². The van der Waals surface area contributed by atoms with Crippen LogP contribution in [-0.4, -0.2) is 115 Å². The van der Waals surface area contributed by atoms with E-state index < -0.39 is 22.1 Å². The molecule has 5 amide bonds. The summed E-state index contributed by atoms with van der Waals surface area (Å²) < 4.78 is 29.1. The van der Waals surface area contributed by atoms with Crippen LogP contribution in [0.3, 0.4) is 0 Å². The van der Waals surface area contributed by atoms with Gasteiger partial charge in [0.2, 0.25) is 5.91 Å². The van der Waals surface area contributed by atoms with Gasteiger partial charge in [0.05, 0.1) is 22.9 Å². The van der Waals surface area contributed by atoms with Crippen molar-refractivity contribution in [3.63, 3.8) is 0 Å². The maximum Gasteiger partial charge on any atom is 0.326 e. The molecule has 0 bridgehead atoms. The quantitative estimate of drug-likeness (QED) is 0.435. The Morgan fingerprint density at radius 2 is 1.84 bits per heavy atom. The highest BCUT2D eigenvalue weighted by atomic mass is 35.5. The number of carbonyl (C=O) groups excluding carboxylic acids is 3. The number of ether oxygens (including phenoxy) is 1. The fourth-order valence-corrected chi connectivity index (χ4v) is 6.77. The number of hydrogen-bond donors (Lipinski definition) is 2. The molecule has 12 nitrogen and oxygen atoms in total. The van der Waals surface area contributed by atoms with E-state index in [1.807, 2.05) is 17.0 Å². The third-order valence-corrected chi connectivity index (χ3v) is 10.1. The third-order valence-electron chi connectivity index (χ3n) is 8.33. The smallest absolute Gasteiger partial charge is 0.326 e. The lowest BCUT2D eigenvalue weighted by Crippen LogP contribution is -2.55. The van der Waals surface area contributed by atoms with Crippen molar-refractivity contribution < 1.29 is 32.6 Å². The Hall–Kier alpha value is -3.52. The molecule has 1 unspecified atom stereocenters. The van der Waals surface area contributed by atoms with E-state index >= 15 is 0 Å². The number of sulfone groups is 1. The minimum atomic E-state index is -3.47. The van der Waals surface area contributed by atoms with Crippen molar-refractivity contribution in [2.75, 3.05) is 57.2 Å². The van der Waals surface area contributed by atoms with E-state index in [1.54, 1.807) is 36.3 Å². The molecule has 0 radical (unpaired) electrons. The second-order valence-corrected chi connectivity index (χ2v) is 14.3. The number of aliphatic hydroxyl groups is 1. The fraction of sp³-hybridized carbons (Fsp3) is 0.433. The van der Waals surface area contributed by atoms with Crippen molar-refractivity contribution in [2.24, 2.45) is 0 Å². The van der Waals surface area contributed by atoms with Gasteiger partial charge < -0.3 is 25.0 Å². The normalized spacial score (nSPS) is 19.6. The van der Waals surface area contributed by atoms with Gasteiger partial charge in [0.15, 0.2) is 6.23 Å². The number of nitrogens with zero attached hydrogens (tertiary/aromatic N) is 4. The first-order chi connectivity index (χ1) is 21.4. The molecule has 45 heavy (non-hydrogen) atoms. The molecule has 2 aromatic rings. The Labute approximate surface area is 272 Å². The number of rotatable bonds is 8. The van der Waals surface area contributed by atoms with Gasteiger partial charge in [-0.2, -0.15) is 0 Å². The SMILES string of the molecule is COc1ccc2c(c1)CCN(C1CCN(C(=O)CN3C=C(c4cccc(Cl)c4Cl)C(O)N(CCS(C)(=O)=O)C3=O)CC1)C(=O)N2. The van der Waals surface area contributed by atoms with Crippen molar-refractivity contribution in [3.05, 3.63) is 63.8 Å². The summed E-state index contributed by atoms with van der Waals surface area (Å²) in [5, 5.41) is 14.5. The van der Waals surface area contributed by atoms with Crippen LogP contribution in [0.5, 0.6) is 5.75 Å². The highest BCUT2D eigenvalue weighted by Crippen LogP contribution is 2.35. The first-order valence-corrected chi connectivity index (χ1v) is 17.3. The Morgan fingerprint density at radius 3 is 2.53 bits per heavy atom. The number of amides is 5. The largest absolute Gasteiger partial charge is 0.497 e. The maximum atomic E-state index is 13.5. The molecule has 3 heterocycles. The second-order valence-electron chi connectivity index (χ2n) is 11.3. The molecule has 15 heteroatoms. The van der Waals surface area contributed by atoms with Crippen LogP contribution >= 0.6 is 23.2 Å². The number of likely N-dealkylation sites (tertiary alicyclic amines) is 1. The summed E-state index contributed by atoms with van der Waals surface area (Å²) in [6.07, 6.45) is 2.67. The molecule has 0 saturated carbocycles. The molecule has 242 valence electrons. The lowest BCUT2D eigenvalue weighted by molar-refractivity contribution is -0.133. The van der Waals surface area contributed by atoms with Gasteiger partial charge in [-0.3, -0.25) is 14.6 Å². The van der Waals surface area contributed by atoms with Crippen LogP contribution in [0.25, 0.3) is 5.57 Å². The monoisotopic (exact) mass is 679 g/mol. The number of aliphatic hydroxyl groups excluding tert-OH is 1. The molecular formula is C30H35Cl2N5O7S. The molecule has 2 aromatic carbocycles. The van der Waals surface area contributed by atoms with Crippen LogP contribution in [0.4, 0.5) is 15.3 Å². The Kier molecular flexibility index (Phi) is 9.83. The van der Waals surface area contributed by atoms with E-state index in [1.165, 1.54) is 6.20 Å². The van der Waals surface area contributed by atoms with E-state index in [0.29, 0.717) is 44.5 Å². The predicted molar refractivity (Wildman–Crippen MR) is 171 cm³/mol. The third kappa shape index (κ3) is 7.32. The summed E-state index contributed by atoms with van der Waals surface area (Å²) in [6.45, 7) is 0.659. The number of halogens is 2. The number of piperidine rings is 1. The molecule has 1 saturated heterocycles. The van der Waals surface area contributed by atoms with Gasteiger partial charge >= 0.3 is 12.1 Å². The Morgan fingerprint density at radius 1 is 1.11 bits per heavy atom. The van der Waals surface area contributed by atoms with Crippen LogP contribution < -0.4 is 10.1 Å². The van der Waals surface area contributed by atoms with Crippen molar-refractivity contribution in [1.29, 1.82) is 0 Å². The molecule has 5 rings (SSSR count). The average molecular weight is 681 g/mol. The van der Waals surface area contributed by atoms with Crippen molar-refractivity contribution in [1.82, 2.24) is 19.6 Å². The van der Waals surface area contributed by atoms with Gasteiger partial charge in [0, 0.05) is 61.5 Å². The van der Waals surface area contributed by atoms with E-state index in [-0.39, 0.29) is 52.4 Å². The number of urea groups is 2. The van der Waals surface area contributed by atoms with Crippen LogP contribution in [0.15, 0.2) is 42.6 Å². The summed E-state index contributed by atoms with van der Waals surface area (Å²) >= 11 is 12.6. The summed E-state index contributed by atoms with van der Waals surface area (Å²) in [5.41, 5.74) is 2.30. The molecule has 0 aliphatic carbocycles. The first kappa shape index (κ1) is 32.9. The first-order valence-electron chi connectivity index (χ1n) is 14.5. The van der Waals surface area contributed by atoms with Gasteiger partial charge in [-0.1, -0.05) is 35.3 Å². The molecule has 1 atom stereocenters. The number of fused-ring (bicyclic) bond motifs is 1. The number of nitrogens with one attached hydrogen (secondary N) is 1. The highest BCUT2D eigenvalue weighted by Gasteiger charge is 2.38. The summed E-state index contributed by atoms with van der Waals surface area (Å²) in [4.78, 5) is 45.6. The van der Waals surface area contributed by atoms with Gasteiger partial charge in [-0.15, -0.1) is 0 Å². The van der Waals surface area contributed by atoms with Gasteiger partial charge in [0.25, 0.3) is 0 Å². The van der Waals surface area contributed by atoms with Gasteiger partial charge in [0.1, 0.15) is 22.1 Å². The van der Waals surface area contributed by atoms with E-state index in [4.69, 9.17) is 27.9 Å². The standard InChI is InChI=1S/C30H35Cl2N5O7S/c1-44-21-6-7-25-19(16-21)8-13-36(29(40)33-25)20-9-11-34(12-10-20)26(38)18-35-17-23(22-4-3-5-24(31)27(22)32)28(39)37(30(35)41)14-15-45(2,42)43/h3-7,16-17,20,28,39H,8-15,18H2,1-2H3,(H,33,40). The molecular weight excluding hydrogens is 645 g/mol. The zero-order valence-corrected chi connectivity index (χ0v) is 27.2. The van der Waals surface area contributed by atoms with Crippen LogP contribution in [0.2, 0.25) is 10.0 Å². The summed E-state index contributed by atoms with van der Waals surface area (Å²) in [6, 6.07) is 9.41. The molecule has 3 aliphatic rings. The van der Waals surface area contributed by atoms with Gasteiger partial charge in [-0.25, -0.2) is 18.0 Å². The lowest BCUT2D eigenvalue weighted by Gasteiger charge is -2.40. The summed E-state index contributed by atoms with van der Waals surface area (Å²) in [7, 11) is -1.87. The number of methoxy groups -OCH3 is 1. The van der Waals surface area contributed by atoms with E-state index in [0.717, 1.165) is 33.1 Å². The molecule has 2 N–H and O–H groups in total. The van der Waals surface area contributed by atoms with Crippen LogP contribution in [-0.2, 0) is 21.1 Å². The number of anilines is 1. The number of hydrogen-bond acceptors (Lipinski definition) is 7. The zero-order chi connectivity index (χ0) is 32.5. The van der Waals surface area contributed by atoms with E-state index in [2.05, 4.69) is 5.32 Å². The van der Waals surface area contributed by atoms with Crippen molar-refractivity contribution in [3.8, 4) is 5.75 Å². The topological polar surface area (TPSA) is 140 Å². The molecule has 0 spiro atoms. The second kappa shape index (κ2) is 13.5. The number of carbonyl (C=O) groups is 3. The van der Waals surface area contributed by atoms with E-state index in [9.17, 15) is 27.9 Å². The van der Waals surface area contributed by atoms with Crippen molar-refractivity contribution in [2.45, 2.75) is 31.5 Å². The highest BCUT2D eigenvalue weighted by molar-refractivity contribution is 7.90. The summed E-state index contributed by atoms with van der Waals surface area (Å²) in [5.74, 6) is 0.0136.